The van der Waals surface area contributed by atoms with Crippen LogP contribution < -0.4 is 21.3 Å². The monoisotopic (exact) mass is 480 g/mol. The van der Waals surface area contributed by atoms with Crippen molar-refractivity contribution in [1.82, 2.24) is 26.1 Å². The first-order valence-corrected chi connectivity index (χ1v) is 11.6. The summed E-state index contributed by atoms with van der Waals surface area (Å²) in [6.45, 7) is 3.28. The van der Waals surface area contributed by atoms with Gasteiger partial charge in [-0.25, -0.2) is 4.79 Å². The summed E-state index contributed by atoms with van der Waals surface area (Å²) in [5.74, 6) is 0.244. The number of amides is 2. The van der Waals surface area contributed by atoms with Gasteiger partial charge in [0.1, 0.15) is 6.04 Å². The highest BCUT2D eigenvalue weighted by molar-refractivity contribution is 7.23. The summed E-state index contributed by atoms with van der Waals surface area (Å²) >= 11 is 1.22. The standard InChI is InChI=1S/C21H23F3N6O2S/c1-10-7-11(5-6-25-10)27-14-4-2-3-12-13(8-21(22,23)24)17(33-16(12)14)18-29-19(32-30-18)15-9-26-20(31)28-15/h2-4,10-11,15,25,27H,5-9H2,1H3,(H2,26,28,31)/t10-,11+,15-/m1/s1. The maximum absolute atomic E-state index is 13.5. The second-order valence-corrected chi connectivity index (χ2v) is 9.49. The first kappa shape index (κ1) is 22.0. The second-order valence-electron chi connectivity index (χ2n) is 8.47. The Balaban J connectivity index is 1.54. The quantitative estimate of drug-likeness (QED) is 0.441. The van der Waals surface area contributed by atoms with Gasteiger partial charge in [-0.05, 0) is 43.3 Å². The molecule has 0 unspecified atom stereocenters. The zero-order chi connectivity index (χ0) is 23.2. The number of alkyl halides is 3. The molecule has 2 saturated heterocycles. The molecule has 4 heterocycles. The van der Waals surface area contributed by atoms with Crippen molar-refractivity contribution in [3.8, 4) is 10.7 Å². The Labute approximate surface area is 191 Å². The lowest BCUT2D eigenvalue weighted by Gasteiger charge is -2.29. The Morgan fingerprint density at radius 1 is 1.33 bits per heavy atom. The summed E-state index contributed by atoms with van der Waals surface area (Å²) in [4.78, 5) is 16.0. The topological polar surface area (TPSA) is 104 Å². The molecule has 0 bridgehead atoms. The van der Waals surface area contributed by atoms with Crippen LogP contribution in [-0.4, -0.2) is 47.5 Å². The Bertz CT molecular complexity index is 1180. The fraction of sp³-hybridized carbons (Fsp3) is 0.476. The summed E-state index contributed by atoms with van der Waals surface area (Å²) in [7, 11) is 0. The molecule has 3 atom stereocenters. The molecule has 2 aliphatic heterocycles. The number of thiophene rings is 1. The van der Waals surface area contributed by atoms with Crippen LogP contribution in [0.4, 0.5) is 23.7 Å². The van der Waals surface area contributed by atoms with Crippen molar-refractivity contribution in [2.45, 2.75) is 50.5 Å². The molecule has 2 fully saturated rings. The number of anilines is 1. The zero-order valence-corrected chi connectivity index (χ0v) is 18.6. The number of nitrogens with zero attached hydrogens (tertiary/aromatic N) is 2. The number of rotatable bonds is 5. The highest BCUT2D eigenvalue weighted by atomic mass is 32.1. The fourth-order valence-corrected chi connectivity index (χ4v) is 5.62. The molecule has 12 heteroatoms. The molecule has 3 aromatic rings. The molecular formula is C21H23F3N6O2S. The van der Waals surface area contributed by atoms with E-state index in [0.29, 0.717) is 16.3 Å². The molecule has 4 N–H and O–H groups in total. The van der Waals surface area contributed by atoms with Gasteiger partial charge in [-0.15, -0.1) is 11.3 Å². The average molecular weight is 481 g/mol. The first-order valence-electron chi connectivity index (χ1n) is 10.8. The molecule has 2 aliphatic rings. The number of carbonyl (C=O) groups excluding carboxylic acids is 1. The number of hydrogen-bond donors (Lipinski definition) is 4. The number of halogens is 3. The second kappa shape index (κ2) is 8.49. The number of urea groups is 1. The van der Waals surface area contributed by atoms with Gasteiger partial charge in [-0.1, -0.05) is 17.3 Å². The van der Waals surface area contributed by atoms with Crippen LogP contribution in [0.2, 0.25) is 0 Å². The van der Waals surface area contributed by atoms with Gasteiger partial charge < -0.3 is 25.8 Å². The van der Waals surface area contributed by atoms with E-state index in [4.69, 9.17) is 4.52 Å². The first-order chi connectivity index (χ1) is 15.8. The Hall–Kier alpha value is -2.86. The fourth-order valence-electron chi connectivity index (χ4n) is 4.40. The van der Waals surface area contributed by atoms with E-state index in [1.165, 1.54) is 11.3 Å². The summed E-state index contributed by atoms with van der Waals surface area (Å²) in [6, 6.07) is 5.10. The van der Waals surface area contributed by atoms with Crippen molar-refractivity contribution in [1.29, 1.82) is 0 Å². The normalized spacial score (nSPS) is 23.5. The molecular weight excluding hydrogens is 457 g/mol. The van der Waals surface area contributed by atoms with Gasteiger partial charge in [0.2, 0.25) is 5.82 Å². The van der Waals surface area contributed by atoms with Crippen molar-refractivity contribution in [2.24, 2.45) is 0 Å². The molecule has 2 amide bonds. The largest absolute Gasteiger partial charge is 0.393 e. The summed E-state index contributed by atoms with van der Waals surface area (Å²) < 4.78 is 46.6. The van der Waals surface area contributed by atoms with Crippen LogP contribution >= 0.6 is 11.3 Å². The molecule has 8 nitrogen and oxygen atoms in total. The molecule has 0 aliphatic carbocycles. The minimum Gasteiger partial charge on any atom is -0.381 e. The summed E-state index contributed by atoms with van der Waals surface area (Å²) in [6.07, 6.45) is -3.63. The summed E-state index contributed by atoms with van der Waals surface area (Å²) in [5, 5.41) is 16.6. The van der Waals surface area contributed by atoms with Crippen molar-refractivity contribution >= 4 is 33.1 Å². The van der Waals surface area contributed by atoms with Gasteiger partial charge in [-0.2, -0.15) is 18.2 Å². The van der Waals surface area contributed by atoms with Crippen LogP contribution in [-0.2, 0) is 6.42 Å². The number of nitrogens with one attached hydrogen (secondary N) is 4. The highest BCUT2D eigenvalue weighted by Crippen LogP contribution is 2.43. The number of benzene rings is 1. The third-order valence-electron chi connectivity index (χ3n) is 5.89. The molecule has 0 radical (unpaired) electrons. The van der Waals surface area contributed by atoms with E-state index >= 15 is 0 Å². The molecule has 0 saturated carbocycles. The molecule has 1 aromatic carbocycles. The van der Waals surface area contributed by atoms with Gasteiger partial charge in [-0.3, -0.25) is 0 Å². The lowest BCUT2D eigenvalue weighted by Crippen LogP contribution is -2.41. The van der Waals surface area contributed by atoms with Crippen LogP contribution in [0.1, 0.15) is 37.3 Å². The molecule has 0 spiro atoms. The molecule has 33 heavy (non-hydrogen) atoms. The Morgan fingerprint density at radius 3 is 2.91 bits per heavy atom. The van der Waals surface area contributed by atoms with E-state index in [0.717, 1.165) is 29.8 Å². The number of aromatic nitrogens is 2. The minimum absolute atomic E-state index is 0.0908. The maximum Gasteiger partial charge on any atom is 0.393 e. The lowest BCUT2D eigenvalue weighted by atomic mass is 10.00. The lowest BCUT2D eigenvalue weighted by molar-refractivity contribution is -0.126. The van der Waals surface area contributed by atoms with Crippen LogP contribution in [0.15, 0.2) is 22.7 Å². The van der Waals surface area contributed by atoms with Gasteiger partial charge in [0.25, 0.3) is 5.89 Å². The van der Waals surface area contributed by atoms with Crippen LogP contribution in [0, 0.1) is 0 Å². The third kappa shape index (κ3) is 4.62. The zero-order valence-electron chi connectivity index (χ0n) is 17.8. The predicted octanol–water partition coefficient (Wildman–Crippen LogP) is 3.96. The van der Waals surface area contributed by atoms with Gasteiger partial charge in [0, 0.05) is 18.6 Å². The van der Waals surface area contributed by atoms with Crippen molar-refractivity contribution in [3.63, 3.8) is 0 Å². The number of piperidine rings is 1. The van der Waals surface area contributed by atoms with E-state index in [-0.39, 0.29) is 35.9 Å². The van der Waals surface area contributed by atoms with Crippen molar-refractivity contribution < 1.29 is 22.5 Å². The Morgan fingerprint density at radius 2 is 2.18 bits per heavy atom. The van der Waals surface area contributed by atoms with E-state index in [2.05, 4.69) is 38.3 Å². The van der Waals surface area contributed by atoms with E-state index in [1.54, 1.807) is 12.1 Å². The molecule has 176 valence electrons. The van der Waals surface area contributed by atoms with E-state index < -0.39 is 18.6 Å². The van der Waals surface area contributed by atoms with Crippen LogP contribution in [0.5, 0.6) is 0 Å². The minimum atomic E-state index is -4.40. The van der Waals surface area contributed by atoms with Crippen molar-refractivity contribution in [2.75, 3.05) is 18.4 Å². The van der Waals surface area contributed by atoms with Crippen LogP contribution in [0.3, 0.4) is 0 Å². The molecule has 2 aromatic heterocycles. The number of hydrogen-bond acceptors (Lipinski definition) is 7. The van der Waals surface area contributed by atoms with Gasteiger partial charge in [0.05, 0.1) is 21.7 Å². The molecule has 5 rings (SSSR count). The Kier molecular flexibility index (Phi) is 5.65. The third-order valence-corrected chi connectivity index (χ3v) is 7.17. The maximum atomic E-state index is 13.5. The van der Waals surface area contributed by atoms with Gasteiger partial charge >= 0.3 is 12.2 Å². The number of carbonyl (C=O) groups is 1. The number of fused-ring (bicyclic) bond motifs is 1. The van der Waals surface area contributed by atoms with E-state index in [1.807, 2.05) is 6.07 Å². The predicted molar refractivity (Wildman–Crippen MR) is 118 cm³/mol. The van der Waals surface area contributed by atoms with E-state index in [9.17, 15) is 18.0 Å². The van der Waals surface area contributed by atoms with Gasteiger partial charge in [0.15, 0.2) is 0 Å². The average Bonchev–Trinajstić information content (AvgIpc) is 3.46. The van der Waals surface area contributed by atoms with Crippen molar-refractivity contribution in [3.05, 3.63) is 29.7 Å². The smallest absolute Gasteiger partial charge is 0.381 e. The highest BCUT2D eigenvalue weighted by Gasteiger charge is 2.34. The summed E-state index contributed by atoms with van der Waals surface area (Å²) in [5.41, 5.74) is 0.938. The van der Waals surface area contributed by atoms with Crippen LogP contribution in [0.25, 0.3) is 20.8 Å². The SMILES string of the molecule is C[C@@H]1C[C@@H](Nc2cccc3c(CC(F)(F)F)c(-c4noc([C@H]5CNC(=O)N5)n4)sc23)CCN1.